The van der Waals surface area contributed by atoms with Gasteiger partial charge in [0.1, 0.15) is 6.73 Å². The average Bonchev–Trinajstić information content (AvgIpc) is 2.40. The molecule has 104 valence electrons. The highest BCUT2D eigenvalue weighted by Gasteiger charge is 2.23. The number of carbonyl (C=O) groups excluding carboxylic acids is 1. The molecule has 1 aliphatic heterocycles. The predicted molar refractivity (Wildman–Crippen MR) is 69.0 cm³/mol. The number of benzene rings is 1. The van der Waals surface area contributed by atoms with Gasteiger partial charge in [-0.2, -0.15) is 0 Å². The summed E-state index contributed by atoms with van der Waals surface area (Å²) in [6.07, 6.45) is 0.706. The molecule has 0 aliphatic carbocycles. The average molecular weight is 284 g/mol. The van der Waals surface area contributed by atoms with Crippen LogP contribution in [0.25, 0.3) is 0 Å². The van der Waals surface area contributed by atoms with E-state index in [9.17, 15) is 13.2 Å². The van der Waals surface area contributed by atoms with Crippen molar-refractivity contribution in [1.82, 2.24) is 9.62 Å². The number of amides is 2. The molecular formula is C12H16N2O4S. The van der Waals surface area contributed by atoms with Crippen LogP contribution in [-0.4, -0.2) is 39.2 Å². The van der Waals surface area contributed by atoms with E-state index in [1.54, 1.807) is 12.1 Å². The number of urea groups is 1. The van der Waals surface area contributed by atoms with Gasteiger partial charge in [0.15, 0.2) is 0 Å². The Labute approximate surface area is 112 Å². The molecule has 2 amide bonds. The zero-order chi connectivity index (χ0) is 13.9. The highest BCUT2D eigenvalue weighted by atomic mass is 32.2. The number of ether oxygens (including phenoxy) is 1. The Morgan fingerprint density at radius 2 is 2.00 bits per heavy atom. The van der Waals surface area contributed by atoms with Crippen LogP contribution in [-0.2, 0) is 14.8 Å². The van der Waals surface area contributed by atoms with Crippen molar-refractivity contribution < 1.29 is 17.9 Å². The van der Waals surface area contributed by atoms with E-state index >= 15 is 0 Å². The lowest BCUT2D eigenvalue weighted by Crippen LogP contribution is -2.46. The van der Waals surface area contributed by atoms with Gasteiger partial charge >= 0.3 is 6.03 Å². The summed E-state index contributed by atoms with van der Waals surface area (Å²) in [6.45, 7) is 3.07. The molecule has 1 aromatic rings. The predicted octanol–water partition coefficient (Wildman–Crippen LogP) is 1.07. The molecule has 1 aromatic carbocycles. The molecular weight excluding hydrogens is 268 g/mol. The van der Waals surface area contributed by atoms with Crippen molar-refractivity contribution in [2.24, 2.45) is 0 Å². The third-order valence-electron chi connectivity index (χ3n) is 2.80. The highest BCUT2D eigenvalue weighted by Crippen LogP contribution is 2.11. The van der Waals surface area contributed by atoms with E-state index in [0.29, 0.717) is 19.6 Å². The van der Waals surface area contributed by atoms with E-state index in [2.05, 4.69) is 0 Å². The Bertz CT molecular complexity index is 548. The third-order valence-corrected chi connectivity index (χ3v) is 4.14. The Morgan fingerprint density at radius 1 is 1.32 bits per heavy atom. The molecule has 19 heavy (non-hydrogen) atoms. The van der Waals surface area contributed by atoms with Crippen molar-refractivity contribution in [3.8, 4) is 0 Å². The van der Waals surface area contributed by atoms with Crippen LogP contribution in [0.4, 0.5) is 4.79 Å². The molecule has 1 heterocycles. The van der Waals surface area contributed by atoms with Gasteiger partial charge in [0, 0.05) is 6.54 Å². The molecule has 0 radical (unpaired) electrons. The Kier molecular flexibility index (Phi) is 4.06. The maximum absolute atomic E-state index is 12.0. The number of sulfonamides is 1. The minimum absolute atomic E-state index is 0.0735. The van der Waals surface area contributed by atoms with Crippen LogP contribution in [0.1, 0.15) is 12.0 Å². The minimum Gasteiger partial charge on any atom is -0.361 e. The second-order valence-corrected chi connectivity index (χ2v) is 6.06. The van der Waals surface area contributed by atoms with Crippen LogP contribution in [0.3, 0.4) is 0 Å². The molecule has 1 aliphatic rings. The summed E-state index contributed by atoms with van der Waals surface area (Å²) < 4.78 is 31.1. The molecule has 0 bridgehead atoms. The molecule has 7 heteroatoms. The Morgan fingerprint density at radius 3 is 2.58 bits per heavy atom. The first-order valence-corrected chi connectivity index (χ1v) is 7.43. The van der Waals surface area contributed by atoms with Crippen molar-refractivity contribution in [2.75, 3.05) is 19.9 Å². The number of nitrogens with one attached hydrogen (secondary N) is 1. The fourth-order valence-corrected chi connectivity index (χ4v) is 2.68. The molecule has 0 saturated carbocycles. The molecule has 0 unspecified atom stereocenters. The summed E-state index contributed by atoms with van der Waals surface area (Å²) in [4.78, 5) is 13.2. The van der Waals surface area contributed by atoms with Crippen LogP contribution in [0.5, 0.6) is 0 Å². The van der Waals surface area contributed by atoms with Gasteiger partial charge in [-0.05, 0) is 25.5 Å². The molecule has 0 aromatic heterocycles. The first-order valence-electron chi connectivity index (χ1n) is 5.95. The third kappa shape index (κ3) is 3.45. The first-order chi connectivity index (χ1) is 8.99. The standard InChI is InChI=1S/C12H16N2O4S/c1-10-3-5-11(6-4-10)19(16,17)13-12(15)14-7-2-8-18-9-14/h3-6H,2,7-9H2,1H3,(H,13,15). The van der Waals surface area contributed by atoms with E-state index in [1.165, 1.54) is 17.0 Å². The van der Waals surface area contributed by atoms with E-state index in [-0.39, 0.29) is 11.6 Å². The van der Waals surface area contributed by atoms with Gasteiger partial charge in [0.25, 0.3) is 10.0 Å². The molecule has 6 nitrogen and oxygen atoms in total. The number of hydrogen-bond donors (Lipinski definition) is 1. The Balaban J connectivity index is 2.08. The second kappa shape index (κ2) is 5.58. The summed E-state index contributed by atoms with van der Waals surface area (Å²) in [6, 6.07) is 5.65. The van der Waals surface area contributed by atoms with Crippen LogP contribution in [0, 0.1) is 6.92 Å². The van der Waals surface area contributed by atoms with Gasteiger partial charge < -0.3 is 9.64 Å². The summed E-state index contributed by atoms with van der Waals surface area (Å²) in [5.41, 5.74) is 0.953. The van der Waals surface area contributed by atoms with E-state index in [0.717, 1.165) is 5.56 Å². The summed E-state index contributed by atoms with van der Waals surface area (Å²) in [7, 11) is -3.82. The monoisotopic (exact) mass is 284 g/mol. The molecule has 1 saturated heterocycles. The van der Waals surface area contributed by atoms with Gasteiger partial charge in [0.2, 0.25) is 0 Å². The largest absolute Gasteiger partial charge is 0.361 e. The van der Waals surface area contributed by atoms with Crippen molar-refractivity contribution in [3.05, 3.63) is 29.8 Å². The van der Waals surface area contributed by atoms with Gasteiger partial charge in [0.05, 0.1) is 11.5 Å². The fraction of sp³-hybridized carbons (Fsp3) is 0.417. The van der Waals surface area contributed by atoms with Crippen LogP contribution in [0.2, 0.25) is 0 Å². The molecule has 1 fully saturated rings. The summed E-state index contributed by atoms with van der Waals surface area (Å²) in [5, 5.41) is 0. The van der Waals surface area contributed by atoms with Crippen molar-refractivity contribution in [3.63, 3.8) is 0 Å². The van der Waals surface area contributed by atoms with E-state index in [1.807, 2.05) is 11.6 Å². The summed E-state index contributed by atoms with van der Waals surface area (Å²) >= 11 is 0. The SMILES string of the molecule is Cc1ccc(S(=O)(=O)NC(=O)N2CCCOC2)cc1. The number of nitrogens with zero attached hydrogens (tertiary/aromatic N) is 1. The highest BCUT2D eigenvalue weighted by molar-refractivity contribution is 7.90. The number of carbonyl (C=O) groups is 1. The quantitative estimate of drug-likeness (QED) is 0.881. The summed E-state index contributed by atoms with van der Waals surface area (Å²) in [5.74, 6) is 0. The molecule has 1 N–H and O–H groups in total. The fourth-order valence-electron chi connectivity index (χ4n) is 1.71. The van der Waals surface area contributed by atoms with Gasteiger partial charge in [-0.15, -0.1) is 0 Å². The first kappa shape index (κ1) is 13.8. The number of hydrogen-bond acceptors (Lipinski definition) is 4. The smallest absolute Gasteiger partial charge is 0.333 e. The van der Waals surface area contributed by atoms with E-state index in [4.69, 9.17) is 4.74 Å². The maximum atomic E-state index is 12.0. The molecule has 0 atom stereocenters. The van der Waals surface area contributed by atoms with Gasteiger partial charge in [-0.25, -0.2) is 17.9 Å². The number of rotatable bonds is 2. The minimum atomic E-state index is -3.82. The number of aryl methyl sites for hydroxylation is 1. The Hall–Kier alpha value is -1.60. The molecule has 0 spiro atoms. The van der Waals surface area contributed by atoms with Crippen LogP contribution < -0.4 is 4.72 Å². The lowest BCUT2D eigenvalue weighted by atomic mass is 10.2. The van der Waals surface area contributed by atoms with Crippen molar-refractivity contribution >= 4 is 16.1 Å². The zero-order valence-electron chi connectivity index (χ0n) is 10.6. The topological polar surface area (TPSA) is 75.7 Å². The van der Waals surface area contributed by atoms with Gasteiger partial charge in [-0.3, -0.25) is 0 Å². The van der Waals surface area contributed by atoms with Crippen LogP contribution >= 0.6 is 0 Å². The van der Waals surface area contributed by atoms with Gasteiger partial charge in [-0.1, -0.05) is 17.7 Å². The van der Waals surface area contributed by atoms with Crippen molar-refractivity contribution in [2.45, 2.75) is 18.2 Å². The maximum Gasteiger partial charge on any atom is 0.333 e. The molecule has 2 rings (SSSR count). The lowest BCUT2D eigenvalue weighted by Gasteiger charge is -2.26. The van der Waals surface area contributed by atoms with E-state index < -0.39 is 16.1 Å². The van der Waals surface area contributed by atoms with Crippen LogP contribution in [0.15, 0.2) is 29.2 Å². The second-order valence-electron chi connectivity index (χ2n) is 4.38. The lowest BCUT2D eigenvalue weighted by molar-refractivity contribution is 0.0101. The zero-order valence-corrected chi connectivity index (χ0v) is 11.4. The van der Waals surface area contributed by atoms with Crippen molar-refractivity contribution in [1.29, 1.82) is 0 Å². The normalized spacial score (nSPS) is 16.2.